The van der Waals surface area contributed by atoms with Gasteiger partial charge in [-0.25, -0.2) is 4.79 Å². The standard InChI is InChI=1S/C18H20N2O2/c21-18(22)16-6-2-1-5-15(16)17-8-7-14(12-20-17)10-13-4-3-9-19-11-13/h1-2,5-8,12-13,19H,3-4,9-11H2,(H,21,22). The Morgan fingerprint density at radius 1 is 1.27 bits per heavy atom. The topological polar surface area (TPSA) is 62.2 Å². The summed E-state index contributed by atoms with van der Waals surface area (Å²) in [5.74, 6) is -0.248. The summed E-state index contributed by atoms with van der Waals surface area (Å²) in [4.78, 5) is 15.8. The van der Waals surface area contributed by atoms with Crippen LogP contribution in [0.1, 0.15) is 28.8 Å². The van der Waals surface area contributed by atoms with Gasteiger partial charge >= 0.3 is 5.97 Å². The molecule has 114 valence electrons. The number of carbonyl (C=O) groups is 1. The van der Waals surface area contributed by atoms with Crippen molar-refractivity contribution in [3.63, 3.8) is 0 Å². The number of nitrogens with zero attached hydrogens (tertiary/aromatic N) is 1. The second kappa shape index (κ2) is 6.71. The fourth-order valence-electron chi connectivity index (χ4n) is 3.03. The van der Waals surface area contributed by atoms with Crippen molar-refractivity contribution in [2.24, 2.45) is 5.92 Å². The quantitative estimate of drug-likeness (QED) is 0.910. The Bertz CT molecular complexity index is 646. The predicted molar refractivity (Wildman–Crippen MR) is 85.9 cm³/mol. The van der Waals surface area contributed by atoms with E-state index in [1.165, 1.54) is 18.4 Å². The number of piperidine rings is 1. The van der Waals surface area contributed by atoms with Gasteiger partial charge in [0.25, 0.3) is 0 Å². The maximum Gasteiger partial charge on any atom is 0.336 e. The Hall–Kier alpha value is -2.20. The molecule has 0 bridgehead atoms. The van der Waals surface area contributed by atoms with Gasteiger partial charge in [0.2, 0.25) is 0 Å². The lowest BCUT2D eigenvalue weighted by Crippen LogP contribution is -2.30. The molecule has 1 unspecified atom stereocenters. The molecule has 1 saturated heterocycles. The molecule has 4 nitrogen and oxygen atoms in total. The Morgan fingerprint density at radius 2 is 2.14 bits per heavy atom. The van der Waals surface area contributed by atoms with Crippen molar-refractivity contribution in [2.75, 3.05) is 13.1 Å². The third-order valence-corrected chi connectivity index (χ3v) is 4.18. The number of hydrogen-bond donors (Lipinski definition) is 2. The van der Waals surface area contributed by atoms with Crippen LogP contribution in [0.15, 0.2) is 42.6 Å². The molecule has 4 heteroatoms. The third kappa shape index (κ3) is 3.34. The number of benzene rings is 1. The van der Waals surface area contributed by atoms with Crippen LogP contribution in [0.5, 0.6) is 0 Å². The van der Waals surface area contributed by atoms with Gasteiger partial charge in [0.15, 0.2) is 0 Å². The summed E-state index contributed by atoms with van der Waals surface area (Å²) >= 11 is 0. The fraction of sp³-hybridized carbons (Fsp3) is 0.333. The molecule has 0 radical (unpaired) electrons. The highest BCUT2D eigenvalue weighted by Gasteiger charge is 2.15. The SMILES string of the molecule is O=C(O)c1ccccc1-c1ccc(CC2CCCNC2)cn1. The molecule has 1 aromatic heterocycles. The number of aromatic carboxylic acids is 1. The van der Waals surface area contributed by atoms with Gasteiger partial charge < -0.3 is 10.4 Å². The molecule has 0 spiro atoms. The van der Waals surface area contributed by atoms with Crippen molar-refractivity contribution in [1.29, 1.82) is 0 Å². The molecule has 2 aromatic rings. The molecule has 3 rings (SSSR count). The van der Waals surface area contributed by atoms with E-state index < -0.39 is 5.97 Å². The highest BCUT2D eigenvalue weighted by molar-refractivity contribution is 5.95. The predicted octanol–water partition coefficient (Wildman–Crippen LogP) is 2.99. The molecule has 1 fully saturated rings. The number of nitrogens with one attached hydrogen (secondary N) is 1. The summed E-state index contributed by atoms with van der Waals surface area (Å²) < 4.78 is 0. The lowest BCUT2D eigenvalue weighted by molar-refractivity contribution is 0.0697. The number of rotatable bonds is 4. The zero-order chi connectivity index (χ0) is 15.4. The van der Waals surface area contributed by atoms with Crippen LogP contribution >= 0.6 is 0 Å². The van der Waals surface area contributed by atoms with Gasteiger partial charge in [0.05, 0.1) is 11.3 Å². The third-order valence-electron chi connectivity index (χ3n) is 4.18. The van der Waals surface area contributed by atoms with Crippen LogP contribution in [0.2, 0.25) is 0 Å². The molecule has 2 heterocycles. The number of hydrogen-bond acceptors (Lipinski definition) is 3. The van der Waals surface area contributed by atoms with E-state index in [4.69, 9.17) is 0 Å². The molecule has 1 atom stereocenters. The van der Waals surface area contributed by atoms with E-state index in [0.29, 0.717) is 22.7 Å². The van der Waals surface area contributed by atoms with Crippen molar-refractivity contribution < 1.29 is 9.90 Å². The summed E-state index contributed by atoms with van der Waals surface area (Å²) in [6.45, 7) is 2.20. The van der Waals surface area contributed by atoms with Crippen molar-refractivity contribution in [1.82, 2.24) is 10.3 Å². The van der Waals surface area contributed by atoms with Gasteiger partial charge in [-0.1, -0.05) is 24.3 Å². The van der Waals surface area contributed by atoms with E-state index in [1.54, 1.807) is 18.2 Å². The van der Waals surface area contributed by atoms with Gasteiger partial charge in [0, 0.05) is 11.8 Å². The number of aromatic nitrogens is 1. The van der Waals surface area contributed by atoms with Crippen LogP contribution in [0.4, 0.5) is 0 Å². The van der Waals surface area contributed by atoms with Gasteiger partial charge in [-0.05, 0) is 56.0 Å². The molecular formula is C18H20N2O2. The number of pyridine rings is 1. The monoisotopic (exact) mass is 296 g/mol. The highest BCUT2D eigenvalue weighted by Crippen LogP contribution is 2.23. The average Bonchev–Trinajstić information content (AvgIpc) is 2.56. The normalized spacial score (nSPS) is 18.1. The van der Waals surface area contributed by atoms with E-state index in [9.17, 15) is 9.90 Å². The van der Waals surface area contributed by atoms with Crippen molar-refractivity contribution >= 4 is 5.97 Å². The second-order valence-electron chi connectivity index (χ2n) is 5.82. The lowest BCUT2D eigenvalue weighted by Gasteiger charge is -2.22. The van der Waals surface area contributed by atoms with Crippen LogP contribution in [0.25, 0.3) is 11.3 Å². The fourth-order valence-corrected chi connectivity index (χ4v) is 3.03. The van der Waals surface area contributed by atoms with Gasteiger partial charge in [-0.15, -0.1) is 0 Å². The Balaban J connectivity index is 1.78. The summed E-state index contributed by atoms with van der Waals surface area (Å²) in [5, 5.41) is 12.7. The first-order chi connectivity index (χ1) is 10.7. The minimum Gasteiger partial charge on any atom is -0.478 e. The van der Waals surface area contributed by atoms with E-state index in [2.05, 4.69) is 16.4 Å². The summed E-state index contributed by atoms with van der Waals surface area (Å²) in [6, 6.07) is 11.0. The molecule has 1 aliphatic rings. The first-order valence-electron chi connectivity index (χ1n) is 7.72. The summed E-state index contributed by atoms with van der Waals surface area (Å²) in [5.41, 5.74) is 2.88. The van der Waals surface area contributed by atoms with Crippen molar-refractivity contribution in [2.45, 2.75) is 19.3 Å². The average molecular weight is 296 g/mol. The minimum absolute atomic E-state index is 0.291. The molecule has 1 aromatic carbocycles. The Kier molecular flexibility index (Phi) is 4.49. The van der Waals surface area contributed by atoms with Gasteiger partial charge in [-0.2, -0.15) is 0 Å². The lowest BCUT2D eigenvalue weighted by atomic mass is 9.93. The van der Waals surface area contributed by atoms with Crippen LogP contribution in [-0.2, 0) is 6.42 Å². The van der Waals surface area contributed by atoms with Gasteiger partial charge in [0.1, 0.15) is 0 Å². The number of carboxylic acid groups (broad SMARTS) is 1. The molecule has 0 aliphatic carbocycles. The molecule has 0 amide bonds. The van der Waals surface area contributed by atoms with Crippen LogP contribution in [0, 0.1) is 5.92 Å². The van der Waals surface area contributed by atoms with Crippen molar-refractivity contribution in [3.8, 4) is 11.3 Å². The summed E-state index contributed by atoms with van der Waals surface area (Å²) in [7, 11) is 0. The zero-order valence-electron chi connectivity index (χ0n) is 12.5. The van der Waals surface area contributed by atoms with Crippen LogP contribution in [-0.4, -0.2) is 29.1 Å². The Labute approximate surface area is 130 Å². The molecular weight excluding hydrogens is 276 g/mol. The Morgan fingerprint density at radius 3 is 2.82 bits per heavy atom. The highest BCUT2D eigenvalue weighted by atomic mass is 16.4. The smallest absolute Gasteiger partial charge is 0.336 e. The molecule has 2 N–H and O–H groups in total. The van der Waals surface area contributed by atoms with Gasteiger partial charge in [-0.3, -0.25) is 4.98 Å². The summed E-state index contributed by atoms with van der Waals surface area (Å²) in [6.07, 6.45) is 5.40. The van der Waals surface area contributed by atoms with Crippen LogP contribution in [0.3, 0.4) is 0 Å². The second-order valence-corrected chi connectivity index (χ2v) is 5.82. The van der Waals surface area contributed by atoms with Crippen molar-refractivity contribution in [3.05, 3.63) is 53.7 Å². The van der Waals surface area contributed by atoms with E-state index in [1.807, 2.05) is 18.3 Å². The molecule has 0 saturated carbocycles. The first-order valence-corrected chi connectivity index (χ1v) is 7.72. The minimum atomic E-state index is -0.922. The van der Waals surface area contributed by atoms with E-state index in [0.717, 1.165) is 19.5 Å². The van der Waals surface area contributed by atoms with E-state index >= 15 is 0 Å². The van der Waals surface area contributed by atoms with E-state index in [-0.39, 0.29) is 0 Å². The first kappa shape index (κ1) is 14.7. The maximum absolute atomic E-state index is 11.3. The largest absolute Gasteiger partial charge is 0.478 e. The molecule has 1 aliphatic heterocycles. The number of carboxylic acids is 1. The zero-order valence-corrected chi connectivity index (χ0v) is 12.5. The molecule has 22 heavy (non-hydrogen) atoms. The maximum atomic E-state index is 11.3. The van der Waals surface area contributed by atoms with Crippen LogP contribution < -0.4 is 5.32 Å².